The van der Waals surface area contributed by atoms with Gasteiger partial charge in [0, 0.05) is 6.42 Å². The third-order valence-corrected chi connectivity index (χ3v) is 3.07. The molecule has 0 aromatic heterocycles. The van der Waals surface area contributed by atoms with Crippen LogP contribution in [-0.4, -0.2) is 23.7 Å². The molecule has 0 heterocycles. The van der Waals surface area contributed by atoms with Crippen molar-refractivity contribution in [2.75, 3.05) is 6.61 Å². The molecule has 0 spiro atoms. The van der Waals surface area contributed by atoms with Crippen LogP contribution in [0, 0.1) is 11.3 Å². The van der Waals surface area contributed by atoms with Crippen LogP contribution >= 0.6 is 0 Å². The molecule has 0 unspecified atom stereocenters. The van der Waals surface area contributed by atoms with E-state index < -0.39 is 5.97 Å². The molecule has 0 atom stereocenters. The number of hydrogen-bond acceptors (Lipinski definition) is 3. The van der Waals surface area contributed by atoms with Gasteiger partial charge in [-0.05, 0) is 33.1 Å². The second kappa shape index (κ2) is 12.7. The molecule has 0 fully saturated rings. The van der Waals surface area contributed by atoms with E-state index in [0.717, 1.165) is 12.8 Å². The molecule has 0 aliphatic rings. The van der Waals surface area contributed by atoms with E-state index in [4.69, 9.17) is 9.84 Å². The number of esters is 1. The zero-order chi connectivity index (χ0) is 16.9. The van der Waals surface area contributed by atoms with Crippen molar-refractivity contribution in [2.45, 2.75) is 80.1 Å². The summed E-state index contributed by atoms with van der Waals surface area (Å²) in [5.74, 6) is -0.496. The fourth-order valence-corrected chi connectivity index (χ4v) is 1.77. The highest BCUT2D eigenvalue weighted by Gasteiger charge is 2.28. The molecule has 21 heavy (non-hydrogen) atoms. The summed E-state index contributed by atoms with van der Waals surface area (Å²) in [5.41, 5.74) is -0.302. The highest BCUT2D eigenvalue weighted by Crippen LogP contribution is 2.25. The summed E-state index contributed by atoms with van der Waals surface area (Å²) in [6, 6.07) is 0. The number of carboxylic acid groups (broad SMARTS) is 1. The average Bonchev–Trinajstić information content (AvgIpc) is 2.34. The summed E-state index contributed by atoms with van der Waals surface area (Å²) in [4.78, 5) is 21.3. The highest BCUT2D eigenvalue weighted by atomic mass is 16.5. The van der Waals surface area contributed by atoms with Crippen molar-refractivity contribution in [3.8, 4) is 0 Å². The smallest absolute Gasteiger partial charge is 0.311 e. The minimum absolute atomic E-state index is 0.0588. The predicted molar refractivity (Wildman–Crippen MR) is 86.3 cm³/mol. The van der Waals surface area contributed by atoms with Crippen LogP contribution in [0.2, 0.25) is 0 Å². The topological polar surface area (TPSA) is 63.6 Å². The van der Waals surface area contributed by atoms with Crippen LogP contribution in [0.1, 0.15) is 80.1 Å². The molecule has 0 aromatic carbocycles. The first-order valence-electron chi connectivity index (χ1n) is 8.06. The van der Waals surface area contributed by atoms with E-state index >= 15 is 0 Å². The third-order valence-electron chi connectivity index (χ3n) is 3.07. The van der Waals surface area contributed by atoms with Crippen LogP contribution in [0.25, 0.3) is 0 Å². The molecule has 0 radical (unpaired) electrons. The van der Waals surface area contributed by atoms with Crippen LogP contribution in [-0.2, 0) is 14.3 Å². The van der Waals surface area contributed by atoms with Gasteiger partial charge < -0.3 is 9.84 Å². The Balaban J connectivity index is 0. The van der Waals surface area contributed by atoms with Crippen molar-refractivity contribution in [3.05, 3.63) is 0 Å². The Morgan fingerprint density at radius 3 is 2.00 bits per heavy atom. The third kappa shape index (κ3) is 15.2. The Morgan fingerprint density at radius 1 is 1.10 bits per heavy atom. The maximum atomic E-state index is 11.5. The number of carbonyl (C=O) groups is 2. The molecule has 0 aromatic rings. The minimum Gasteiger partial charge on any atom is -0.481 e. The summed E-state index contributed by atoms with van der Waals surface area (Å²) in [6.07, 6.45) is 6.06. The number of unbranched alkanes of at least 4 members (excludes halogenated alkanes) is 3. The lowest BCUT2D eigenvalue weighted by Crippen LogP contribution is -2.26. The van der Waals surface area contributed by atoms with Crippen molar-refractivity contribution in [2.24, 2.45) is 11.3 Å². The van der Waals surface area contributed by atoms with Crippen molar-refractivity contribution in [1.82, 2.24) is 0 Å². The number of hydrogen-bond donors (Lipinski definition) is 1. The molecule has 1 N–H and O–H groups in total. The van der Waals surface area contributed by atoms with E-state index in [-0.39, 0.29) is 23.7 Å². The molecular weight excluding hydrogens is 268 g/mol. The Morgan fingerprint density at radius 2 is 1.67 bits per heavy atom. The van der Waals surface area contributed by atoms with Gasteiger partial charge in [-0.3, -0.25) is 9.59 Å². The summed E-state index contributed by atoms with van der Waals surface area (Å²) in [5, 5.41) is 8.08. The fraction of sp³-hybridized carbons (Fsp3) is 0.882. The van der Waals surface area contributed by atoms with Gasteiger partial charge in [0.15, 0.2) is 0 Å². The lowest BCUT2D eigenvalue weighted by Gasteiger charge is -2.21. The van der Waals surface area contributed by atoms with E-state index in [1.165, 1.54) is 19.3 Å². The molecule has 0 rings (SSSR count). The Kier molecular flexibility index (Phi) is 13.4. The van der Waals surface area contributed by atoms with Gasteiger partial charge in [-0.2, -0.15) is 0 Å². The van der Waals surface area contributed by atoms with E-state index in [2.05, 4.69) is 6.92 Å². The van der Waals surface area contributed by atoms with Crippen LogP contribution in [0.15, 0.2) is 0 Å². The first-order chi connectivity index (χ1) is 9.67. The second-order valence-corrected chi connectivity index (χ2v) is 6.41. The summed E-state index contributed by atoms with van der Waals surface area (Å²) in [6.45, 7) is 12.2. The molecule has 4 nitrogen and oxygen atoms in total. The van der Waals surface area contributed by atoms with Crippen molar-refractivity contribution in [1.29, 1.82) is 0 Å². The zero-order valence-corrected chi connectivity index (χ0v) is 14.7. The Labute approximate surface area is 130 Å². The number of ether oxygens (including phenoxy) is 1. The van der Waals surface area contributed by atoms with Gasteiger partial charge in [0.2, 0.25) is 0 Å². The lowest BCUT2D eigenvalue weighted by molar-refractivity contribution is -0.153. The second-order valence-electron chi connectivity index (χ2n) is 6.41. The molecular formula is C17H34O4. The van der Waals surface area contributed by atoms with Crippen molar-refractivity contribution < 1.29 is 19.4 Å². The molecule has 0 saturated heterocycles. The molecule has 4 heteroatoms. The SMILES string of the molecule is CC(C)CC(=O)O.CCCCCCC(C)(C)C(=O)OCC. The number of rotatable bonds is 9. The van der Waals surface area contributed by atoms with E-state index in [9.17, 15) is 9.59 Å². The standard InChI is InChI=1S/C12H24O2.C5H10O2/c1-5-7-8-9-10-12(3,4)11(13)14-6-2;1-4(2)3-5(6)7/h5-10H2,1-4H3;4H,3H2,1-2H3,(H,6,7). The summed E-state index contributed by atoms with van der Waals surface area (Å²) in [7, 11) is 0. The summed E-state index contributed by atoms with van der Waals surface area (Å²) >= 11 is 0. The summed E-state index contributed by atoms with van der Waals surface area (Å²) < 4.78 is 5.02. The van der Waals surface area contributed by atoms with Crippen LogP contribution in [0.5, 0.6) is 0 Å². The Bertz CT molecular complexity index is 283. The molecule has 0 aliphatic carbocycles. The van der Waals surface area contributed by atoms with Gasteiger partial charge in [0.1, 0.15) is 0 Å². The van der Waals surface area contributed by atoms with Gasteiger partial charge >= 0.3 is 11.9 Å². The van der Waals surface area contributed by atoms with Crippen LogP contribution in [0.3, 0.4) is 0 Å². The minimum atomic E-state index is -0.713. The largest absolute Gasteiger partial charge is 0.481 e. The average molecular weight is 302 g/mol. The first kappa shape index (κ1) is 22.2. The first-order valence-corrected chi connectivity index (χ1v) is 8.06. The number of carboxylic acids is 1. The van der Waals surface area contributed by atoms with Gasteiger partial charge in [-0.25, -0.2) is 0 Å². The monoisotopic (exact) mass is 302 g/mol. The quantitative estimate of drug-likeness (QED) is 0.497. The number of carbonyl (C=O) groups excluding carboxylic acids is 1. The van der Waals surface area contributed by atoms with Crippen molar-refractivity contribution in [3.63, 3.8) is 0 Å². The normalized spacial score (nSPS) is 10.8. The highest BCUT2D eigenvalue weighted by molar-refractivity contribution is 5.75. The zero-order valence-electron chi connectivity index (χ0n) is 14.7. The maximum Gasteiger partial charge on any atom is 0.311 e. The predicted octanol–water partition coefficient (Wildman–Crippen LogP) is 4.66. The molecule has 126 valence electrons. The maximum absolute atomic E-state index is 11.5. The van der Waals surface area contributed by atoms with Crippen LogP contribution < -0.4 is 0 Å². The molecule has 0 amide bonds. The lowest BCUT2D eigenvalue weighted by atomic mass is 9.87. The van der Waals surface area contributed by atoms with E-state index in [1.54, 1.807) is 0 Å². The van der Waals surface area contributed by atoms with Gasteiger partial charge in [0.25, 0.3) is 0 Å². The van der Waals surface area contributed by atoms with Gasteiger partial charge in [-0.1, -0.05) is 46.5 Å². The fourth-order valence-electron chi connectivity index (χ4n) is 1.77. The van der Waals surface area contributed by atoms with Crippen molar-refractivity contribution >= 4 is 11.9 Å². The molecule has 0 bridgehead atoms. The van der Waals surface area contributed by atoms with Crippen LogP contribution in [0.4, 0.5) is 0 Å². The van der Waals surface area contributed by atoms with E-state index in [1.807, 2.05) is 34.6 Å². The molecule has 0 saturated carbocycles. The Hall–Kier alpha value is -1.06. The van der Waals surface area contributed by atoms with Gasteiger partial charge in [-0.15, -0.1) is 0 Å². The number of aliphatic carboxylic acids is 1. The molecule has 0 aliphatic heterocycles. The van der Waals surface area contributed by atoms with E-state index in [0.29, 0.717) is 6.61 Å². The van der Waals surface area contributed by atoms with Gasteiger partial charge in [0.05, 0.1) is 12.0 Å².